The highest BCUT2D eigenvalue weighted by molar-refractivity contribution is 5.95. The molecule has 0 radical (unpaired) electrons. The van der Waals surface area contributed by atoms with Crippen LogP contribution in [0.3, 0.4) is 0 Å². The Labute approximate surface area is 249 Å². The Morgan fingerprint density at radius 3 is 2.19 bits per heavy atom. The molecule has 0 unspecified atom stereocenters. The topological polar surface area (TPSA) is 116 Å². The summed E-state index contributed by atoms with van der Waals surface area (Å²) in [5.41, 5.74) is 7.41. The zero-order chi connectivity index (χ0) is 30.7. The quantitative estimate of drug-likeness (QED) is 0.202. The van der Waals surface area contributed by atoms with E-state index < -0.39 is 17.6 Å². The molecule has 0 aliphatic carbocycles. The third kappa shape index (κ3) is 9.53. The molecule has 0 aromatic heterocycles. The molecule has 0 fully saturated rings. The van der Waals surface area contributed by atoms with Crippen LogP contribution in [0.5, 0.6) is 0 Å². The maximum atomic E-state index is 14.2. The molecular weight excluding hydrogens is 528 g/mol. The van der Waals surface area contributed by atoms with Crippen LogP contribution in [0.15, 0.2) is 84.9 Å². The lowest BCUT2D eigenvalue weighted by atomic mass is 9.98. The van der Waals surface area contributed by atoms with Crippen LogP contribution < -0.4 is 11.1 Å². The Kier molecular flexibility index (Phi) is 11.8. The Morgan fingerprint density at radius 1 is 0.881 bits per heavy atom. The fourth-order valence-electron chi connectivity index (χ4n) is 4.75. The van der Waals surface area contributed by atoms with Gasteiger partial charge in [0.15, 0.2) is 0 Å². The molecule has 3 rings (SSSR count). The maximum absolute atomic E-state index is 14.2. The predicted octanol–water partition coefficient (Wildman–Crippen LogP) is 3.46. The van der Waals surface area contributed by atoms with E-state index >= 15 is 0 Å². The second-order valence-corrected chi connectivity index (χ2v) is 11.5. The number of rotatable bonds is 14. The van der Waals surface area contributed by atoms with Crippen molar-refractivity contribution in [2.24, 2.45) is 5.73 Å². The summed E-state index contributed by atoms with van der Waals surface area (Å²) in [6.07, 6.45) is 4.68. The number of carbonyl (C=O) groups excluding carboxylic acids is 3. The molecule has 8 nitrogen and oxygen atoms in total. The third-order valence-corrected chi connectivity index (χ3v) is 7.27. The molecule has 0 heterocycles. The number of fused-ring (bicyclic) bond motifs is 1. The minimum absolute atomic E-state index is 0.0476. The van der Waals surface area contributed by atoms with Crippen LogP contribution >= 0.6 is 0 Å². The lowest BCUT2D eigenvalue weighted by Crippen LogP contribution is -2.56. The van der Waals surface area contributed by atoms with Crippen molar-refractivity contribution in [2.45, 2.75) is 57.2 Å². The van der Waals surface area contributed by atoms with Crippen molar-refractivity contribution in [2.75, 3.05) is 27.2 Å². The van der Waals surface area contributed by atoms with Gasteiger partial charge in [0.2, 0.25) is 17.7 Å². The van der Waals surface area contributed by atoms with Gasteiger partial charge < -0.3 is 26.0 Å². The predicted molar refractivity (Wildman–Crippen MR) is 168 cm³/mol. The fraction of sp³-hybridized carbons (Fsp3) is 0.382. The minimum Gasteiger partial charge on any atom is -0.396 e. The molecule has 0 bridgehead atoms. The number of likely N-dealkylation sites (N-methyl/N-ethyl adjacent to an activating group) is 2. The maximum Gasteiger partial charge on any atom is 0.246 e. The Hall–Kier alpha value is -4.01. The molecule has 0 aliphatic heterocycles. The minimum atomic E-state index is -0.859. The molecular formula is C34H44N4O4. The fourth-order valence-corrected chi connectivity index (χ4v) is 4.75. The van der Waals surface area contributed by atoms with E-state index in [1.165, 1.54) is 15.9 Å². The number of amides is 3. The molecule has 3 aromatic carbocycles. The SMILES string of the molecule is CN(C(=O)/C=C/CC(C)(C)N)[C@H](Cc1ccc2ccccc2c1)C(=O)N(C)[C@H](Cc1ccccc1)C(=O)NCCCO. The second kappa shape index (κ2) is 15.3. The van der Waals surface area contributed by atoms with Gasteiger partial charge in [-0.2, -0.15) is 0 Å². The van der Waals surface area contributed by atoms with E-state index in [0.29, 0.717) is 25.8 Å². The number of benzene rings is 3. The zero-order valence-corrected chi connectivity index (χ0v) is 25.1. The van der Waals surface area contributed by atoms with Crippen molar-refractivity contribution in [3.05, 3.63) is 96.1 Å². The molecule has 3 amide bonds. The van der Waals surface area contributed by atoms with Crippen molar-refractivity contribution >= 4 is 28.5 Å². The van der Waals surface area contributed by atoms with Crippen LogP contribution in [-0.4, -0.2) is 77.5 Å². The lowest BCUT2D eigenvalue weighted by Gasteiger charge is -2.34. The first kappa shape index (κ1) is 32.5. The zero-order valence-electron chi connectivity index (χ0n) is 25.1. The Balaban J connectivity index is 1.94. The van der Waals surface area contributed by atoms with Crippen molar-refractivity contribution in [3.63, 3.8) is 0 Å². The van der Waals surface area contributed by atoms with Crippen LogP contribution in [-0.2, 0) is 27.2 Å². The van der Waals surface area contributed by atoms with Crippen molar-refractivity contribution in [1.29, 1.82) is 0 Å². The van der Waals surface area contributed by atoms with E-state index in [2.05, 4.69) is 5.32 Å². The molecule has 8 heteroatoms. The average Bonchev–Trinajstić information content (AvgIpc) is 2.97. The van der Waals surface area contributed by atoms with Gasteiger partial charge in [-0.05, 0) is 54.7 Å². The monoisotopic (exact) mass is 572 g/mol. The number of carbonyl (C=O) groups is 3. The van der Waals surface area contributed by atoms with E-state index in [9.17, 15) is 19.5 Å². The standard InChI is InChI=1S/C34H44N4O4/c1-34(2,35)19-10-16-31(40)37(3)30(24-26-17-18-27-14-8-9-15-28(27)22-26)33(42)38(4)29(32(41)36-20-11-21-39)23-25-12-6-5-7-13-25/h5-10,12-18,22,29-30,39H,11,19-21,23-24,35H2,1-4H3,(H,36,41)/b16-10+/t29-,30-/m1/s1. The Bertz CT molecular complexity index is 1370. The molecule has 42 heavy (non-hydrogen) atoms. The van der Waals surface area contributed by atoms with Gasteiger partial charge in [0.25, 0.3) is 0 Å². The molecule has 3 aromatic rings. The van der Waals surface area contributed by atoms with Gasteiger partial charge in [-0.3, -0.25) is 14.4 Å². The largest absolute Gasteiger partial charge is 0.396 e. The summed E-state index contributed by atoms with van der Waals surface area (Å²) in [6.45, 7) is 4.01. The number of hydrogen-bond acceptors (Lipinski definition) is 5. The molecule has 2 atom stereocenters. The van der Waals surface area contributed by atoms with E-state index in [4.69, 9.17) is 5.73 Å². The summed E-state index contributed by atoms with van der Waals surface area (Å²) >= 11 is 0. The summed E-state index contributed by atoms with van der Waals surface area (Å²) in [7, 11) is 3.23. The number of aliphatic hydroxyl groups is 1. The van der Waals surface area contributed by atoms with Gasteiger partial charge in [-0.25, -0.2) is 0 Å². The highest BCUT2D eigenvalue weighted by Gasteiger charge is 2.34. The summed E-state index contributed by atoms with van der Waals surface area (Å²) in [6, 6.07) is 21.8. The summed E-state index contributed by atoms with van der Waals surface area (Å²) in [4.78, 5) is 43.8. The van der Waals surface area contributed by atoms with Crippen LogP contribution in [0.2, 0.25) is 0 Å². The Morgan fingerprint density at radius 2 is 1.52 bits per heavy atom. The normalized spacial score (nSPS) is 13.1. The molecule has 4 N–H and O–H groups in total. The number of aliphatic hydroxyl groups excluding tert-OH is 1. The summed E-state index contributed by atoms with van der Waals surface area (Å²) in [5.74, 6) is -0.977. The molecule has 0 aliphatic rings. The van der Waals surface area contributed by atoms with E-state index in [-0.39, 0.29) is 30.7 Å². The number of hydrogen-bond donors (Lipinski definition) is 3. The van der Waals surface area contributed by atoms with Gasteiger partial charge in [0.05, 0.1) is 0 Å². The van der Waals surface area contributed by atoms with Crippen LogP contribution in [0.25, 0.3) is 10.8 Å². The highest BCUT2D eigenvalue weighted by Crippen LogP contribution is 2.20. The number of nitrogens with zero attached hydrogens (tertiary/aromatic N) is 2. The van der Waals surface area contributed by atoms with Gasteiger partial charge >= 0.3 is 0 Å². The third-order valence-electron chi connectivity index (χ3n) is 7.27. The van der Waals surface area contributed by atoms with Crippen LogP contribution in [0.1, 0.15) is 37.8 Å². The number of nitrogens with one attached hydrogen (secondary N) is 1. The second-order valence-electron chi connectivity index (χ2n) is 11.5. The van der Waals surface area contributed by atoms with Gasteiger partial charge in [0, 0.05) is 45.6 Å². The first-order valence-corrected chi connectivity index (χ1v) is 14.4. The van der Waals surface area contributed by atoms with Gasteiger partial charge in [0.1, 0.15) is 12.1 Å². The van der Waals surface area contributed by atoms with Gasteiger partial charge in [-0.1, -0.05) is 78.9 Å². The van der Waals surface area contributed by atoms with Gasteiger partial charge in [-0.15, -0.1) is 0 Å². The van der Waals surface area contributed by atoms with Crippen molar-refractivity contribution in [1.82, 2.24) is 15.1 Å². The molecule has 0 saturated heterocycles. The lowest BCUT2D eigenvalue weighted by molar-refractivity contribution is -0.146. The smallest absolute Gasteiger partial charge is 0.246 e. The van der Waals surface area contributed by atoms with E-state index in [1.807, 2.05) is 86.6 Å². The van der Waals surface area contributed by atoms with Crippen LogP contribution in [0.4, 0.5) is 0 Å². The van der Waals surface area contributed by atoms with E-state index in [1.54, 1.807) is 20.2 Å². The highest BCUT2D eigenvalue weighted by atomic mass is 16.3. The van der Waals surface area contributed by atoms with Crippen LogP contribution in [0, 0.1) is 0 Å². The first-order valence-electron chi connectivity index (χ1n) is 14.4. The first-order chi connectivity index (χ1) is 20.0. The molecule has 0 saturated carbocycles. The van der Waals surface area contributed by atoms with Crippen molar-refractivity contribution < 1.29 is 19.5 Å². The molecule has 224 valence electrons. The summed E-state index contributed by atoms with van der Waals surface area (Å²) in [5, 5.41) is 14.2. The molecule has 0 spiro atoms. The summed E-state index contributed by atoms with van der Waals surface area (Å²) < 4.78 is 0. The van der Waals surface area contributed by atoms with Crippen molar-refractivity contribution in [3.8, 4) is 0 Å². The van der Waals surface area contributed by atoms with E-state index in [0.717, 1.165) is 21.9 Å². The number of nitrogens with two attached hydrogens (primary N) is 1. The average molecular weight is 573 g/mol.